The summed E-state index contributed by atoms with van der Waals surface area (Å²) in [5.74, 6) is -0.394. The Labute approximate surface area is 172 Å². The van der Waals surface area contributed by atoms with Gasteiger partial charge in [-0.1, -0.05) is 59.3 Å². The average Bonchev–Trinajstić information content (AvgIpc) is 3.16. The first-order valence-corrected chi connectivity index (χ1v) is 9.99. The summed E-state index contributed by atoms with van der Waals surface area (Å²) in [6.07, 6.45) is 1.54. The van der Waals surface area contributed by atoms with Gasteiger partial charge in [-0.15, -0.1) is 10.2 Å². The Kier molecular flexibility index (Phi) is 7.11. The van der Waals surface area contributed by atoms with E-state index in [1.54, 1.807) is 24.3 Å². The Morgan fingerprint density at radius 2 is 1.82 bits per heavy atom. The highest BCUT2D eigenvalue weighted by Gasteiger charge is 2.14. The quantitative estimate of drug-likeness (QED) is 0.588. The molecule has 0 atom stereocenters. The zero-order valence-corrected chi connectivity index (χ0v) is 16.6. The number of aromatic nitrogens is 2. The SMILES string of the molecule is O=C(CCc1nnc(C(=O)Nc2cccc(Cl)c2)s1)NCCc1ccccc1. The molecule has 0 unspecified atom stereocenters. The zero-order valence-electron chi connectivity index (χ0n) is 15.0. The molecule has 1 heterocycles. The van der Waals surface area contributed by atoms with Crippen molar-refractivity contribution in [3.05, 3.63) is 75.2 Å². The van der Waals surface area contributed by atoms with Crippen molar-refractivity contribution in [3.63, 3.8) is 0 Å². The molecule has 28 heavy (non-hydrogen) atoms. The first-order chi connectivity index (χ1) is 13.6. The van der Waals surface area contributed by atoms with Crippen LogP contribution in [0.2, 0.25) is 5.02 Å². The van der Waals surface area contributed by atoms with Crippen LogP contribution in [0.4, 0.5) is 5.69 Å². The Morgan fingerprint density at radius 1 is 1.00 bits per heavy atom. The van der Waals surface area contributed by atoms with Crippen molar-refractivity contribution >= 4 is 40.4 Å². The van der Waals surface area contributed by atoms with Crippen LogP contribution in [0.15, 0.2) is 54.6 Å². The molecule has 1 aromatic heterocycles. The van der Waals surface area contributed by atoms with Gasteiger partial charge < -0.3 is 10.6 Å². The fourth-order valence-corrected chi connectivity index (χ4v) is 3.42. The molecule has 0 aliphatic carbocycles. The van der Waals surface area contributed by atoms with Gasteiger partial charge in [-0.05, 0) is 30.2 Å². The molecule has 3 aromatic rings. The maximum atomic E-state index is 12.2. The lowest BCUT2D eigenvalue weighted by molar-refractivity contribution is -0.121. The number of hydrogen-bond acceptors (Lipinski definition) is 5. The van der Waals surface area contributed by atoms with Gasteiger partial charge in [0.15, 0.2) is 0 Å². The van der Waals surface area contributed by atoms with Crippen LogP contribution in [0.3, 0.4) is 0 Å². The number of anilines is 1. The van der Waals surface area contributed by atoms with Crippen molar-refractivity contribution in [2.24, 2.45) is 0 Å². The summed E-state index contributed by atoms with van der Waals surface area (Å²) in [5.41, 5.74) is 1.77. The Hall–Kier alpha value is -2.77. The van der Waals surface area contributed by atoms with Gasteiger partial charge in [0, 0.05) is 30.1 Å². The monoisotopic (exact) mass is 414 g/mol. The first kappa shape index (κ1) is 20.0. The van der Waals surface area contributed by atoms with Gasteiger partial charge in [0.1, 0.15) is 5.01 Å². The third-order valence-electron chi connectivity index (χ3n) is 3.89. The maximum absolute atomic E-state index is 12.2. The highest BCUT2D eigenvalue weighted by molar-refractivity contribution is 7.13. The standard InChI is InChI=1S/C20H19ClN4O2S/c21-15-7-4-8-16(13-15)23-19(27)20-25-24-18(28-20)10-9-17(26)22-12-11-14-5-2-1-3-6-14/h1-8,13H,9-12H2,(H,22,26)(H,23,27). The van der Waals surface area contributed by atoms with Gasteiger partial charge in [0.2, 0.25) is 10.9 Å². The smallest absolute Gasteiger partial charge is 0.286 e. The van der Waals surface area contributed by atoms with E-state index >= 15 is 0 Å². The summed E-state index contributed by atoms with van der Waals surface area (Å²) in [5, 5.41) is 15.0. The summed E-state index contributed by atoms with van der Waals surface area (Å²) in [6, 6.07) is 16.9. The number of nitrogens with one attached hydrogen (secondary N) is 2. The van der Waals surface area contributed by atoms with E-state index < -0.39 is 0 Å². The van der Waals surface area contributed by atoms with Crippen molar-refractivity contribution in [2.45, 2.75) is 19.3 Å². The molecule has 0 radical (unpaired) electrons. The molecule has 0 aliphatic heterocycles. The Bertz CT molecular complexity index is 946. The van der Waals surface area contributed by atoms with Crippen molar-refractivity contribution < 1.29 is 9.59 Å². The molecule has 0 fully saturated rings. The van der Waals surface area contributed by atoms with Gasteiger partial charge >= 0.3 is 0 Å². The summed E-state index contributed by atoms with van der Waals surface area (Å²) in [7, 11) is 0. The third kappa shape index (κ3) is 6.14. The molecular weight excluding hydrogens is 396 g/mol. The number of halogens is 1. The van der Waals surface area contributed by atoms with Crippen LogP contribution in [0.5, 0.6) is 0 Å². The lowest BCUT2D eigenvalue weighted by Gasteiger charge is -2.04. The largest absolute Gasteiger partial charge is 0.356 e. The topological polar surface area (TPSA) is 84.0 Å². The van der Waals surface area contributed by atoms with Crippen molar-refractivity contribution in [3.8, 4) is 0 Å². The molecule has 0 aliphatic rings. The van der Waals surface area contributed by atoms with Crippen molar-refractivity contribution in [2.75, 3.05) is 11.9 Å². The second-order valence-corrected chi connectivity index (χ2v) is 7.55. The molecular formula is C20H19ClN4O2S. The number of hydrogen-bond donors (Lipinski definition) is 2. The molecule has 6 nitrogen and oxygen atoms in total. The Morgan fingerprint density at radius 3 is 2.61 bits per heavy atom. The van der Waals surface area contributed by atoms with Gasteiger partial charge in [-0.2, -0.15) is 0 Å². The highest BCUT2D eigenvalue weighted by atomic mass is 35.5. The predicted octanol–water partition coefficient (Wildman–Crippen LogP) is 3.74. The number of carbonyl (C=O) groups is 2. The summed E-state index contributed by atoms with van der Waals surface area (Å²) in [6.45, 7) is 0.590. The highest BCUT2D eigenvalue weighted by Crippen LogP contribution is 2.17. The van der Waals surface area contributed by atoms with E-state index in [2.05, 4.69) is 20.8 Å². The number of carbonyl (C=O) groups excluding carboxylic acids is 2. The molecule has 2 amide bonds. The van der Waals surface area contributed by atoms with Crippen LogP contribution < -0.4 is 10.6 Å². The van der Waals surface area contributed by atoms with E-state index in [4.69, 9.17) is 11.6 Å². The van der Waals surface area contributed by atoms with Crippen LogP contribution in [-0.4, -0.2) is 28.6 Å². The maximum Gasteiger partial charge on any atom is 0.286 e. The predicted molar refractivity (Wildman–Crippen MR) is 111 cm³/mol. The molecule has 2 N–H and O–H groups in total. The lowest BCUT2D eigenvalue weighted by Crippen LogP contribution is -2.25. The minimum atomic E-state index is -0.349. The van der Waals surface area contributed by atoms with Crippen molar-refractivity contribution in [1.29, 1.82) is 0 Å². The molecule has 3 rings (SSSR count). The minimum Gasteiger partial charge on any atom is -0.356 e. The zero-order chi connectivity index (χ0) is 19.8. The average molecular weight is 415 g/mol. The van der Waals surface area contributed by atoms with Crippen LogP contribution in [-0.2, 0) is 17.6 Å². The fraction of sp³-hybridized carbons (Fsp3) is 0.200. The Balaban J connectivity index is 1.42. The molecule has 0 saturated heterocycles. The van der Waals surface area contributed by atoms with E-state index in [1.807, 2.05) is 30.3 Å². The van der Waals surface area contributed by atoms with E-state index in [-0.39, 0.29) is 16.8 Å². The van der Waals surface area contributed by atoms with Gasteiger partial charge in [-0.3, -0.25) is 9.59 Å². The van der Waals surface area contributed by atoms with Gasteiger partial charge in [-0.25, -0.2) is 0 Å². The van der Waals surface area contributed by atoms with E-state index in [1.165, 1.54) is 16.9 Å². The fourth-order valence-electron chi connectivity index (χ4n) is 2.50. The third-order valence-corrected chi connectivity index (χ3v) is 5.11. The number of nitrogens with zero attached hydrogens (tertiary/aromatic N) is 2. The first-order valence-electron chi connectivity index (χ1n) is 8.80. The molecule has 2 aromatic carbocycles. The number of benzene rings is 2. The normalized spacial score (nSPS) is 10.5. The summed E-state index contributed by atoms with van der Waals surface area (Å²) < 4.78 is 0. The van der Waals surface area contributed by atoms with Crippen LogP contribution >= 0.6 is 22.9 Å². The van der Waals surface area contributed by atoms with Crippen LogP contribution in [0.25, 0.3) is 0 Å². The number of amides is 2. The number of rotatable bonds is 8. The molecule has 0 spiro atoms. The summed E-state index contributed by atoms with van der Waals surface area (Å²) in [4.78, 5) is 24.2. The lowest BCUT2D eigenvalue weighted by atomic mass is 10.1. The van der Waals surface area contributed by atoms with E-state index in [9.17, 15) is 9.59 Å². The molecule has 0 saturated carbocycles. The van der Waals surface area contributed by atoms with Gasteiger partial charge in [0.05, 0.1) is 0 Å². The van der Waals surface area contributed by atoms with Crippen LogP contribution in [0.1, 0.15) is 26.8 Å². The van der Waals surface area contributed by atoms with Crippen LogP contribution in [0, 0.1) is 0 Å². The second kappa shape index (κ2) is 9.96. The minimum absolute atomic E-state index is 0.0453. The van der Waals surface area contributed by atoms with E-state index in [0.717, 1.165) is 6.42 Å². The molecule has 0 bridgehead atoms. The number of aryl methyl sites for hydroxylation is 1. The summed E-state index contributed by atoms with van der Waals surface area (Å²) >= 11 is 7.09. The second-order valence-electron chi connectivity index (χ2n) is 6.05. The molecule has 8 heteroatoms. The van der Waals surface area contributed by atoms with Crippen molar-refractivity contribution in [1.82, 2.24) is 15.5 Å². The van der Waals surface area contributed by atoms with Gasteiger partial charge in [0.25, 0.3) is 5.91 Å². The molecule has 144 valence electrons. The van der Waals surface area contributed by atoms with E-state index in [0.29, 0.717) is 35.1 Å².